The third kappa shape index (κ3) is 6.09. The Balaban J connectivity index is 1.88. The summed E-state index contributed by atoms with van der Waals surface area (Å²) in [5.74, 6) is -1.27. The van der Waals surface area contributed by atoms with Crippen LogP contribution in [0.5, 0.6) is 0 Å². The van der Waals surface area contributed by atoms with E-state index >= 15 is 8.78 Å². The minimum atomic E-state index is -2.13. The maximum atomic E-state index is 15.2. The number of hydrogen-bond acceptors (Lipinski definition) is 5. The van der Waals surface area contributed by atoms with E-state index in [1.54, 1.807) is 20.8 Å². The van der Waals surface area contributed by atoms with Crippen LogP contribution in [-0.4, -0.2) is 48.9 Å². The minimum absolute atomic E-state index is 0.0240. The standard InChI is InChI=1S/C25H37F2N3O4Si/c1-24(2,3)34-23(32)28-15(13-33-35(7,8)25(4,5)6)11-18-29-21-19(26)16-9-14(12-31)10-17(16)20(27)22(21)30-18/h12,14-15H,9-11,13H2,1-8H3,(H,28,32)(H,29,30)/t15-/m0/s1. The van der Waals surface area contributed by atoms with Crippen molar-refractivity contribution in [3.05, 3.63) is 28.6 Å². The molecule has 0 fully saturated rings. The summed E-state index contributed by atoms with van der Waals surface area (Å²) in [6.07, 6.45) is 0.649. The van der Waals surface area contributed by atoms with Gasteiger partial charge in [0.1, 0.15) is 28.7 Å². The van der Waals surface area contributed by atoms with Crippen molar-refractivity contribution >= 4 is 31.7 Å². The van der Waals surface area contributed by atoms with Crippen molar-refractivity contribution in [2.75, 3.05) is 6.61 Å². The third-order valence-corrected chi connectivity index (χ3v) is 11.3. The fourth-order valence-electron chi connectivity index (χ4n) is 3.90. The molecule has 1 aliphatic rings. The van der Waals surface area contributed by atoms with Gasteiger partial charge in [-0.25, -0.2) is 18.6 Å². The Morgan fingerprint density at radius 1 is 1.17 bits per heavy atom. The zero-order valence-corrected chi connectivity index (χ0v) is 22.9. The Morgan fingerprint density at radius 2 is 1.77 bits per heavy atom. The van der Waals surface area contributed by atoms with Gasteiger partial charge in [0.05, 0.1) is 12.6 Å². The van der Waals surface area contributed by atoms with Crippen LogP contribution in [0.15, 0.2) is 0 Å². The molecule has 0 spiro atoms. The van der Waals surface area contributed by atoms with E-state index in [9.17, 15) is 9.59 Å². The molecule has 194 valence electrons. The molecule has 1 unspecified atom stereocenters. The summed E-state index contributed by atoms with van der Waals surface area (Å²) in [7, 11) is -2.13. The zero-order valence-electron chi connectivity index (χ0n) is 21.9. The summed E-state index contributed by atoms with van der Waals surface area (Å²) < 4.78 is 42.1. The highest BCUT2D eigenvalue weighted by Crippen LogP contribution is 2.37. The molecule has 7 nitrogen and oxygen atoms in total. The van der Waals surface area contributed by atoms with Crippen molar-refractivity contribution in [2.45, 2.75) is 90.6 Å². The molecule has 1 aromatic carbocycles. The number of benzene rings is 1. The monoisotopic (exact) mass is 509 g/mol. The van der Waals surface area contributed by atoms with E-state index in [1.165, 1.54) is 0 Å². The van der Waals surface area contributed by atoms with Gasteiger partial charge < -0.3 is 24.3 Å². The molecule has 10 heteroatoms. The Morgan fingerprint density at radius 3 is 2.31 bits per heavy atom. The minimum Gasteiger partial charge on any atom is -0.444 e. The molecule has 2 atom stereocenters. The number of H-pyrrole nitrogens is 1. The summed E-state index contributed by atoms with van der Waals surface area (Å²) in [6, 6.07) is -0.531. The second-order valence-corrected chi connectivity index (χ2v) is 16.7. The zero-order chi connectivity index (χ0) is 26.3. The number of hydrogen-bond donors (Lipinski definition) is 2. The number of imidazole rings is 1. The largest absolute Gasteiger partial charge is 0.444 e. The molecule has 1 aliphatic carbocycles. The molecule has 0 saturated carbocycles. The van der Waals surface area contributed by atoms with Gasteiger partial charge in [0, 0.05) is 12.3 Å². The van der Waals surface area contributed by atoms with E-state index in [-0.39, 0.29) is 53.1 Å². The first-order valence-corrected chi connectivity index (χ1v) is 14.9. The first-order chi connectivity index (χ1) is 16.0. The summed E-state index contributed by atoms with van der Waals surface area (Å²) in [6.45, 7) is 16.1. The number of nitrogens with zero attached hydrogens (tertiary/aromatic N) is 1. The van der Waals surface area contributed by atoms with Crippen LogP contribution in [0.1, 0.15) is 58.5 Å². The van der Waals surface area contributed by atoms with Gasteiger partial charge >= 0.3 is 6.09 Å². The summed E-state index contributed by atoms with van der Waals surface area (Å²) in [4.78, 5) is 30.9. The predicted molar refractivity (Wildman–Crippen MR) is 133 cm³/mol. The summed E-state index contributed by atoms with van der Waals surface area (Å²) in [5, 5.41) is 2.80. The lowest BCUT2D eigenvalue weighted by Gasteiger charge is -2.37. The van der Waals surface area contributed by atoms with Gasteiger partial charge in [-0.3, -0.25) is 0 Å². The molecule has 0 bridgehead atoms. The van der Waals surface area contributed by atoms with Crippen LogP contribution in [0.2, 0.25) is 18.1 Å². The normalized spacial score (nSPS) is 15.8. The summed E-state index contributed by atoms with van der Waals surface area (Å²) >= 11 is 0. The van der Waals surface area contributed by atoms with E-state index in [0.29, 0.717) is 5.82 Å². The molecule has 1 amide bonds. The highest BCUT2D eigenvalue weighted by Gasteiger charge is 2.38. The number of amides is 1. The van der Waals surface area contributed by atoms with Crippen molar-refractivity contribution in [3.8, 4) is 0 Å². The van der Waals surface area contributed by atoms with Gasteiger partial charge in [-0.15, -0.1) is 0 Å². The first kappa shape index (κ1) is 27.3. The predicted octanol–water partition coefficient (Wildman–Crippen LogP) is 5.21. The van der Waals surface area contributed by atoms with Gasteiger partial charge in [0.25, 0.3) is 0 Å². The fourth-order valence-corrected chi connectivity index (χ4v) is 4.95. The van der Waals surface area contributed by atoms with Crippen LogP contribution in [0, 0.1) is 17.6 Å². The molecule has 35 heavy (non-hydrogen) atoms. The number of nitrogens with one attached hydrogen (secondary N) is 2. The maximum absolute atomic E-state index is 15.2. The van der Waals surface area contributed by atoms with Crippen LogP contribution in [0.3, 0.4) is 0 Å². The van der Waals surface area contributed by atoms with Gasteiger partial charge in [0.2, 0.25) is 0 Å². The second kappa shape index (κ2) is 9.61. The molecule has 3 rings (SSSR count). The molecule has 2 N–H and O–H groups in total. The lowest BCUT2D eigenvalue weighted by atomic mass is 10.1. The average molecular weight is 510 g/mol. The number of rotatable bonds is 7. The Kier molecular flexibility index (Phi) is 7.48. The van der Waals surface area contributed by atoms with Crippen molar-refractivity contribution in [3.63, 3.8) is 0 Å². The Labute approximate surface area is 206 Å². The van der Waals surface area contributed by atoms with Crippen molar-refractivity contribution in [2.24, 2.45) is 5.92 Å². The fraction of sp³-hybridized carbons (Fsp3) is 0.640. The van der Waals surface area contributed by atoms with Crippen LogP contribution < -0.4 is 5.32 Å². The number of aldehydes is 1. The number of halogens is 2. The molecule has 1 heterocycles. The molecule has 0 saturated heterocycles. The topological polar surface area (TPSA) is 93.3 Å². The van der Waals surface area contributed by atoms with E-state index in [2.05, 4.69) is 49.1 Å². The highest BCUT2D eigenvalue weighted by atomic mass is 28.4. The Hall–Kier alpha value is -2.33. The molecular formula is C25H37F2N3O4Si. The van der Waals surface area contributed by atoms with Crippen LogP contribution in [-0.2, 0) is 33.2 Å². The third-order valence-electron chi connectivity index (χ3n) is 6.81. The highest BCUT2D eigenvalue weighted by molar-refractivity contribution is 6.74. The van der Waals surface area contributed by atoms with E-state index in [1.807, 2.05) is 0 Å². The van der Waals surface area contributed by atoms with E-state index in [4.69, 9.17) is 9.16 Å². The average Bonchev–Trinajstić information content (AvgIpc) is 3.33. The SMILES string of the molecule is CC(C)(C)OC(=O)N[C@H](CO[Si](C)(C)C(C)(C)C)Cc1nc2c(F)c3c(c(F)c2[nH]1)CC(C=O)C3. The maximum Gasteiger partial charge on any atom is 0.407 e. The number of carbonyl (C=O) groups is 2. The Bertz CT molecular complexity index is 1070. The number of alkyl carbamates (subject to hydrolysis) is 1. The number of carbonyl (C=O) groups excluding carboxylic acids is 2. The van der Waals surface area contributed by atoms with Crippen molar-refractivity contribution < 1.29 is 27.5 Å². The first-order valence-electron chi connectivity index (χ1n) is 12.0. The molecule has 0 radical (unpaired) electrons. The molecule has 2 aromatic rings. The van der Waals surface area contributed by atoms with E-state index in [0.717, 1.165) is 6.29 Å². The number of aromatic nitrogens is 2. The molecule has 0 aliphatic heterocycles. The summed E-state index contributed by atoms with van der Waals surface area (Å²) in [5.41, 5.74) is -0.351. The molecule has 1 aromatic heterocycles. The second-order valence-electron chi connectivity index (χ2n) is 11.9. The van der Waals surface area contributed by atoms with Crippen LogP contribution >= 0.6 is 0 Å². The van der Waals surface area contributed by atoms with Gasteiger partial charge in [0.15, 0.2) is 20.0 Å². The number of ether oxygens (including phenoxy) is 1. The van der Waals surface area contributed by atoms with Gasteiger partial charge in [-0.2, -0.15) is 0 Å². The van der Waals surface area contributed by atoms with E-state index < -0.39 is 43.6 Å². The van der Waals surface area contributed by atoms with Crippen LogP contribution in [0.25, 0.3) is 11.0 Å². The number of aromatic amines is 1. The lowest BCUT2D eigenvalue weighted by molar-refractivity contribution is -0.110. The van der Waals surface area contributed by atoms with Gasteiger partial charge in [-0.1, -0.05) is 20.8 Å². The smallest absolute Gasteiger partial charge is 0.407 e. The van der Waals surface area contributed by atoms with Gasteiger partial charge in [-0.05, 0) is 62.9 Å². The van der Waals surface area contributed by atoms with Crippen molar-refractivity contribution in [1.82, 2.24) is 15.3 Å². The van der Waals surface area contributed by atoms with Crippen LogP contribution in [0.4, 0.5) is 13.6 Å². The quantitative estimate of drug-likeness (QED) is 0.395. The lowest BCUT2D eigenvalue weighted by Crippen LogP contribution is -2.48. The van der Waals surface area contributed by atoms with Crippen molar-refractivity contribution in [1.29, 1.82) is 0 Å². The molecular weight excluding hydrogens is 472 g/mol. The number of fused-ring (bicyclic) bond motifs is 2.